The predicted molar refractivity (Wildman–Crippen MR) is 179 cm³/mol. The highest BCUT2D eigenvalue weighted by atomic mass is 16.1. The lowest BCUT2D eigenvalue weighted by molar-refractivity contribution is 0.0992. The topological polar surface area (TPSA) is 216 Å². The maximum absolute atomic E-state index is 11.3. The van der Waals surface area contributed by atoms with Crippen LogP contribution in [0.15, 0.2) is 72.8 Å². The van der Waals surface area contributed by atoms with Crippen molar-refractivity contribution >= 4 is 45.8 Å². The van der Waals surface area contributed by atoms with Crippen LogP contribution in [-0.4, -0.2) is 41.7 Å². The number of nitrogens with two attached hydrogens (primary N) is 4. The lowest BCUT2D eigenvalue weighted by Gasteiger charge is -2.08. The van der Waals surface area contributed by atoms with Crippen LogP contribution in [0.2, 0.25) is 0 Å². The Morgan fingerprint density at radius 2 is 1.07 bits per heavy atom. The summed E-state index contributed by atoms with van der Waals surface area (Å²) in [4.78, 5) is 48.9. The van der Waals surface area contributed by atoms with E-state index in [1.807, 2.05) is 42.5 Å². The summed E-state index contributed by atoms with van der Waals surface area (Å²) in [6, 6.07) is 21.6. The number of carbonyl (C=O) groups excluding carboxylic acids is 2. The number of nitrogen functional groups attached to an aromatic ring is 2. The molecule has 12 heteroatoms. The number of fused-ring (bicyclic) bond motifs is 2. The fourth-order valence-electron chi connectivity index (χ4n) is 4.97. The van der Waals surface area contributed by atoms with E-state index in [-0.39, 0.29) is 11.9 Å². The van der Waals surface area contributed by atoms with Crippen molar-refractivity contribution in [2.24, 2.45) is 11.5 Å². The molecule has 8 N–H and O–H groups in total. The first-order valence-corrected chi connectivity index (χ1v) is 14.8. The van der Waals surface area contributed by atoms with Crippen LogP contribution in [0.3, 0.4) is 0 Å². The zero-order valence-corrected chi connectivity index (χ0v) is 25.6. The van der Waals surface area contributed by atoms with E-state index in [2.05, 4.69) is 43.8 Å². The molecule has 0 atom stereocenters. The number of nitrogens with zero attached hydrogens (tertiary/aromatic N) is 6. The number of pyridine rings is 2. The fraction of sp³-hybridized carbons (Fsp3) is 0.176. The highest BCUT2D eigenvalue weighted by molar-refractivity contribution is 5.94. The molecule has 46 heavy (non-hydrogen) atoms. The van der Waals surface area contributed by atoms with E-state index in [0.717, 1.165) is 81.7 Å². The second kappa shape index (κ2) is 13.7. The van der Waals surface area contributed by atoms with Crippen LogP contribution in [0.4, 0.5) is 11.9 Å². The van der Waals surface area contributed by atoms with E-state index in [0.29, 0.717) is 11.1 Å². The Balaban J connectivity index is 0.000000181. The molecule has 6 rings (SSSR count). The van der Waals surface area contributed by atoms with Gasteiger partial charge in [-0.25, -0.2) is 29.9 Å². The van der Waals surface area contributed by atoms with Crippen molar-refractivity contribution < 1.29 is 9.59 Å². The molecule has 2 amide bonds. The lowest BCUT2D eigenvalue weighted by Crippen LogP contribution is -2.10. The third-order valence-corrected chi connectivity index (χ3v) is 7.15. The van der Waals surface area contributed by atoms with Gasteiger partial charge in [-0.2, -0.15) is 0 Å². The normalized spacial score (nSPS) is 10.8. The molecule has 0 fully saturated rings. The van der Waals surface area contributed by atoms with E-state index in [1.54, 1.807) is 30.3 Å². The number of amides is 2. The quantitative estimate of drug-likeness (QED) is 0.186. The maximum atomic E-state index is 11.3. The van der Waals surface area contributed by atoms with E-state index in [9.17, 15) is 9.59 Å². The van der Waals surface area contributed by atoms with Crippen LogP contribution in [0.25, 0.3) is 44.6 Å². The molecule has 0 bridgehead atoms. The Labute approximate surface area is 265 Å². The Hall–Kier alpha value is -6.04. The average Bonchev–Trinajstić information content (AvgIpc) is 3.05. The first-order valence-electron chi connectivity index (χ1n) is 14.8. The van der Waals surface area contributed by atoms with E-state index in [4.69, 9.17) is 22.9 Å². The van der Waals surface area contributed by atoms with Crippen molar-refractivity contribution in [3.8, 4) is 22.5 Å². The molecule has 4 heterocycles. The monoisotopic (exact) mass is 614 g/mol. The summed E-state index contributed by atoms with van der Waals surface area (Å²) in [5.74, 6) is -0.389. The van der Waals surface area contributed by atoms with Gasteiger partial charge in [-0.15, -0.1) is 0 Å². The minimum absolute atomic E-state index is 0.256. The lowest BCUT2D eigenvalue weighted by atomic mass is 10.1. The Kier molecular flexibility index (Phi) is 9.36. The minimum atomic E-state index is -0.463. The molecule has 2 aromatic carbocycles. The van der Waals surface area contributed by atoms with Crippen molar-refractivity contribution in [1.29, 1.82) is 0 Å². The number of aryl methyl sites for hydroxylation is 2. The van der Waals surface area contributed by atoms with Crippen LogP contribution in [0, 0.1) is 0 Å². The Bertz CT molecular complexity index is 2060. The van der Waals surface area contributed by atoms with Crippen molar-refractivity contribution in [2.45, 2.75) is 39.5 Å². The highest BCUT2D eigenvalue weighted by Crippen LogP contribution is 2.25. The van der Waals surface area contributed by atoms with Crippen molar-refractivity contribution in [2.75, 3.05) is 11.5 Å². The number of benzene rings is 2. The van der Waals surface area contributed by atoms with Gasteiger partial charge in [0, 0.05) is 22.3 Å². The van der Waals surface area contributed by atoms with Crippen molar-refractivity contribution in [3.63, 3.8) is 0 Å². The summed E-state index contributed by atoms with van der Waals surface area (Å²) in [5, 5.41) is 0. The highest BCUT2D eigenvalue weighted by Gasteiger charge is 2.12. The van der Waals surface area contributed by atoms with Gasteiger partial charge in [0.2, 0.25) is 23.7 Å². The molecule has 0 saturated carbocycles. The number of hydrogen-bond donors (Lipinski definition) is 4. The smallest absolute Gasteiger partial charge is 0.248 e. The number of carbonyl (C=O) groups is 2. The van der Waals surface area contributed by atoms with Crippen LogP contribution < -0.4 is 22.9 Å². The Morgan fingerprint density at radius 3 is 1.54 bits per heavy atom. The summed E-state index contributed by atoms with van der Waals surface area (Å²) in [6.07, 6.45) is 3.46. The predicted octanol–water partition coefficient (Wildman–Crippen LogP) is 4.65. The number of aromatic nitrogens is 6. The summed E-state index contributed by atoms with van der Waals surface area (Å²) >= 11 is 0. The third kappa shape index (κ3) is 7.02. The molecule has 232 valence electrons. The van der Waals surface area contributed by atoms with E-state index in [1.165, 1.54) is 0 Å². The molecule has 12 nitrogen and oxygen atoms in total. The summed E-state index contributed by atoms with van der Waals surface area (Å²) in [7, 11) is 0. The van der Waals surface area contributed by atoms with Crippen LogP contribution in [0.1, 0.15) is 58.8 Å². The molecule has 0 aliphatic carbocycles. The van der Waals surface area contributed by atoms with Gasteiger partial charge < -0.3 is 22.9 Å². The van der Waals surface area contributed by atoms with Crippen LogP contribution >= 0.6 is 0 Å². The van der Waals surface area contributed by atoms with Gasteiger partial charge in [-0.05, 0) is 61.4 Å². The van der Waals surface area contributed by atoms with Crippen molar-refractivity contribution in [1.82, 2.24) is 29.9 Å². The molecule has 4 aromatic heterocycles. The summed E-state index contributed by atoms with van der Waals surface area (Å²) < 4.78 is 0. The molecule has 0 aliphatic heterocycles. The standard InChI is InChI=1S/2C17H17N5O/c1-2-4-13-15-14(22-17(19)21-13)8-7-12(20-15)10-5-3-6-11(9-10)16(18)23;1-2-3-13-15-14(22-17(19)21-13)9-8-12(20-15)10-4-6-11(7-5-10)16(18)23/h3,5-9H,2,4H2,1H3,(H2,18,23)(H2,19,21,22);4-9H,2-3H2,1H3,(H2,18,23)(H2,19,21,22). The zero-order chi connectivity index (χ0) is 32.8. The first kappa shape index (κ1) is 31.4. The Morgan fingerprint density at radius 1 is 0.565 bits per heavy atom. The third-order valence-electron chi connectivity index (χ3n) is 7.15. The minimum Gasteiger partial charge on any atom is -0.368 e. The maximum Gasteiger partial charge on any atom is 0.248 e. The second-order valence-corrected chi connectivity index (χ2v) is 10.6. The number of anilines is 2. The van der Waals surface area contributed by atoms with Gasteiger partial charge in [0.25, 0.3) is 0 Å². The van der Waals surface area contributed by atoms with Crippen LogP contribution in [-0.2, 0) is 12.8 Å². The average molecular weight is 615 g/mol. The molecule has 0 aliphatic rings. The van der Waals surface area contributed by atoms with Gasteiger partial charge in [0.15, 0.2) is 0 Å². The molecular formula is C34H34N10O2. The van der Waals surface area contributed by atoms with E-state index >= 15 is 0 Å². The molecule has 0 saturated heterocycles. The second-order valence-electron chi connectivity index (χ2n) is 10.6. The van der Waals surface area contributed by atoms with Crippen LogP contribution in [0.5, 0.6) is 0 Å². The molecule has 0 unspecified atom stereocenters. The summed E-state index contributed by atoms with van der Waals surface area (Å²) in [6.45, 7) is 4.15. The van der Waals surface area contributed by atoms with Gasteiger partial charge in [0.05, 0.1) is 33.8 Å². The van der Waals surface area contributed by atoms with Gasteiger partial charge in [0.1, 0.15) is 11.0 Å². The molecule has 6 aromatic rings. The first-order chi connectivity index (χ1) is 22.2. The number of primary amides is 2. The van der Waals surface area contributed by atoms with Gasteiger partial charge in [-0.1, -0.05) is 51.0 Å². The molecule has 0 spiro atoms. The SMILES string of the molecule is CCCc1nc(N)nc2ccc(-c3ccc(C(N)=O)cc3)nc12.CCCc1nc(N)nc2ccc(-c3cccc(C(N)=O)c3)nc12. The van der Waals surface area contributed by atoms with Gasteiger partial charge >= 0.3 is 0 Å². The van der Waals surface area contributed by atoms with Gasteiger partial charge in [-0.3, -0.25) is 9.59 Å². The zero-order valence-electron chi connectivity index (χ0n) is 25.6. The molecule has 0 radical (unpaired) electrons. The number of hydrogen-bond acceptors (Lipinski definition) is 10. The largest absolute Gasteiger partial charge is 0.368 e. The van der Waals surface area contributed by atoms with E-state index < -0.39 is 11.8 Å². The van der Waals surface area contributed by atoms with Crippen molar-refractivity contribution in [3.05, 3.63) is 95.3 Å². The number of rotatable bonds is 8. The molecular weight excluding hydrogens is 580 g/mol. The fourth-order valence-corrected chi connectivity index (χ4v) is 4.97. The summed E-state index contributed by atoms with van der Waals surface area (Å²) in [5.41, 5.74) is 30.9.